The molecule has 4 nitrogen and oxygen atoms in total. The second-order valence-electron chi connectivity index (χ2n) is 16.0. The highest BCUT2D eigenvalue weighted by molar-refractivity contribution is 6.23. The zero-order valence-electron chi connectivity index (χ0n) is 31.6. The van der Waals surface area contributed by atoms with Crippen molar-refractivity contribution in [1.82, 2.24) is 9.97 Å². The van der Waals surface area contributed by atoms with E-state index in [-0.39, 0.29) is 0 Å². The highest BCUT2D eigenvalue weighted by Crippen LogP contribution is 2.37. The lowest BCUT2D eigenvalue weighted by Gasteiger charge is -2.18. The van der Waals surface area contributed by atoms with Crippen molar-refractivity contribution in [2.24, 2.45) is 29.6 Å². The largest absolute Gasteiger partial charge is 0.490 e. The van der Waals surface area contributed by atoms with E-state index in [0.29, 0.717) is 25.0 Å². The van der Waals surface area contributed by atoms with Crippen molar-refractivity contribution in [2.75, 3.05) is 13.2 Å². The Hall–Kier alpha value is -3.40. The van der Waals surface area contributed by atoms with Crippen LogP contribution in [0.2, 0.25) is 0 Å². The van der Waals surface area contributed by atoms with Gasteiger partial charge in [-0.3, -0.25) is 0 Å². The fourth-order valence-electron chi connectivity index (χ4n) is 7.25. The van der Waals surface area contributed by atoms with Crippen LogP contribution in [0.5, 0.6) is 11.5 Å². The molecule has 0 unspecified atom stereocenters. The second-order valence-corrected chi connectivity index (χ2v) is 16.0. The van der Waals surface area contributed by atoms with Gasteiger partial charge in [0.05, 0.1) is 35.3 Å². The highest BCUT2D eigenvalue weighted by atomic mass is 16.5. The summed E-state index contributed by atoms with van der Waals surface area (Å²) in [5, 5.41) is 4.67. The summed E-state index contributed by atoms with van der Waals surface area (Å²) in [5.41, 5.74) is 3.56. The molecule has 264 valence electrons. The molecule has 49 heavy (non-hydrogen) atoms. The summed E-state index contributed by atoms with van der Waals surface area (Å²) in [4.78, 5) is 10.5. The maximum atomic E-state index is 6.54. The van der Waals surface area contributed by atoms with Crippen molar-refractivity contribution < 1.29 is 9.47 Å². The smallest absolute Gasteiger partial charge is 0.163 e. The first-order chi connectivity index (χ1) is 23.7. The monoisotopic (exact) mass is 662 g/mol. The standard InChI is InChI=1S/C45H62N2O2/c1-31(2)15-12-17-33(5)19-14-20-35(7)26-28-49-43-30-41-40(29-42(43)48-27-25-34(6)18-13-16-32(3)4)46-44-38-23-10-8-21-36(38)37-22-9-11-24-39(37)45(44)47-41/h8-11,21-24,29-35H,12-20,25-28H2,1-7H3/t33-,34+,35-/m1/s1. The molecule has 0 radical (unpaired) electrons. The van der Waals surface area contributed by atoms with Crippen LogP contribution in [0.25, 0.3) is 43.6 Å². The molecule has 5 rings (SSSR count). The Kier molecular flexibility index (Phi) is 13.6. The van der Waals surface area contributed by atoms with E-state index < -0.39 is 0 Å². The summed E-state index contributed by atoms with van der Waals surface area (Å²) in [5.74, 6) is 5.22. The van der Waals surface area contributed by atoms with E-state index >= 15 is 0 Å². The summed E-state index contributed by atoms with van der Waals surface area (Å²) < 4.78 is 13.1. The Balaban J connectivity index is 1.32. The van der Waals surface area contributed by atoms with Gasteiger partial charge in [-0.2, -0.15) is 0 Å². The molecule has 0 N–H and O–H groups in total. The zero-order valence-corrected chi connectivity index (χ0v) is 31.6. The van der Waals surface area contributed by atoms with Crippen LogP contribution in [0.3, 0.4) is 0 Å². The van der Waals surface area contributed by atoms with Crippen molar-refractivity contribution in [3.8, 4) is 11.5 Å². The minimum Gasteiger partial charge on any atom is -0.490 e. The Bertz CT molecular complexity index is 1780. The average Bonchev–Trinajstić information content (AvgIpc) is 3.07. The zero-order chi connectivity index (χ0) is 34.8. The van der Waals surface area contributed by atoms with Crippen LogP contribution in [-0.4, -0.2) is 23.2 Å². The van der Waals surface area contributed by atoms with E-state index in [2.05, 4.69) is 109 Å². The van der Waals surface area contributed by atoms with Gasteiger partial charge in [-0.1, -0.05) is 155 Å². The molecular weight excluding hydrogens is 601 g/mol. The highest BCUT2D eigenvalue weighted by Gasteiger charge is 2.16. The van der Waals surface area contributed by atoms with Gasteiger partial charge in [-0.25, -0.2) is 9.97 Å². The van der Waals surface area contributed by atoms with Crippen molar-refractivity contribution in [3.05, 3.63) is 60.7 Å². The molecular formula is C45H62N2O2. The predicted octanol–water partition coefficient (Wildman–Crippen LogP) is 13.4. The van der Waals surface area contributed by atoms with Crippen LogP contribution < -0.4 is 9.47 Å². The van der Waals surface area contributed by atoms with Crippen LogP contribution in [-0.2, 0) is 0 Å². The molecule has 0 spiro atoms. The molecule has 0 amide bonds. The Morgan fingerprint density at radius 1 is 0.449 bits per heavy atom. The van der Waals surface area contributed by atoms with E-state index in [0.717, 1.165) is 74.9 Å². The van der Waals surface area contributed by atoms with E-state index in [1.807, 2.05) is 0 Å². The van der Waals surface area contributed by atoms with Gasteiger partial charge in [-0.05, 0) is 53.2 Å². The van der Waals surface area contributed by atoms with Gasteiger partial charge in [-0.15, -0.1) is 0 Å². The molecule has 0 aliphatic carbocycles. The average molecular weight is 663 g/mol. The fraction of sp³-hybridized carbons (Fsp3) is 0.556. The molecule has 4 heteroatoms. The van der Waals surface area contributed by atoms with Gasteiger partial charge in [0.25, 0.3) is 0 Å². The van der Waals surface area contributed by atoms with Crippen LogP contribution in [0.1, 0.15) is 119 Å². The number of aromatic nitrogens is 2. The molecule has 1 aromatic heterocycles. The lowest BCUT2D eigenvalue weighted by molar-refractivity contribution is 0.237. The van der Waals surface area contributed by atoms with Crippen molar-refractivity contribution in [3.63, 3.8) is 0 Å². The Morgan fingerprint density at radius 2 is 0.796 bits per heavy atom. The molecule has 1 heterocycles. The third-order valence-corrected chi connectivity index (χ3v) is 10.5. The van der Waals surface area contributed by atoms with Crippen molar-refractivity contribution in [2.45, 2.75) is 119 Å². The first kappa shape index (κ1) is 36.9. The van der Waals surface area contributed by atoms with Gasteiger partial charge >= 0.3 is 0 Å². The Morgan fingerprint density at radius 3 is 1.18 bits per heavy atom. The number of fused-ring (bicyclic) bond motifs is 7. The second kappa shape index (κ2) is 18.0. The SMILES string of the molecule is CC(C)CCC[C@@H](C)CCC[C@@H](C)CCOc1cc2nc3c4ccccc4c4ccccc4c3nc2cc1OCC[C@@H](C)CCCC(C)C. The van der Waals surface area contributed by atoms with Crippen molar-refractivity contribution >= 4 is 43.6 Å². The van der Waals surface area contributed by atoms with Crippen LogP contribution >= 0.6 is 0 Å². The van der Waals surface area contributed by atoms with Crippen LogP contribution in [0.15, 0.2) is 60.7 Å². The fourth-order valence-corrected chi connectivity index (χ4v) is 7.25. The minimum atomic E-state index is 0.628. The Labute approximate surface area is 296 Å². The van der Waals surface area contributed by atoms with Crippen LogP contribution in [0.4, 0.5) is 0 Å². The summed E-state index contributed by atoms with van der Waals surface area (Å²) in [7, 11) is 0. The molecule has 0 aliphatic heterocycles. The lowest BCUT2D eigenvalue weighted by Crippen LogP contribution is -2.08. The third-order valence-electron chi connectivity index (χ3n) is 10.5. The maximum absolute atomic E-state index is 6.54. The summed E-state index contributed by atoms with van der Waals surface area (Å²) in [6.45, 7) is 17.8. The number of ether oxygens (including phenoxy) is 2. The minimum absolute atomic E-state index is 0.628. The summed E-state index contributed by atoms with van der Waals surface area (Å²) in [6, 6.07) is 21.2. The van der Waals surface area contributed by atoms with Gasteiger partial charge in [0, 0.05) is 22.9 Å². The molecule has 0 saturated heterocycles. The molecule has 0 fully saturated rings. The number of rotatable bonds is 20. The first-order valence-electron chi connectivity index (χ1n) is 19.5. The number of benzene rings is 4. The van der Waals surface area contributed by atoms with E-state index in [9.17, 15) is 0 Å². The van der Waals surface area contributed by atoms with Crippen molar-refractivity contribution in [1.29, 1.82) is 0 Å². The van der Waals surface area contributed by atoms with E-state index in [1.54, 1.807) is 0 Å². The van der Waals surface area contributed by atoms with Gasteiger partial charge in [0.2, 0.25) is 0 Å². The number of hydrogen-bond donors (Lipinski definition) is 0. The summed E-state index contributed by atoms with van der Waals surface area (Å²) >= 11 is 0. The predicted molar refractivity (Wildman–Crippen MR) is 211 cm³/mol. The maximum Gasteiger partial charge on any atom is 0.163 e. The third kappa shape index (κ3) is 10.3. The quantitative estimate of drug-likeness (QED) is 0.0614. The molecule has 3 atom stereocenters. The first-order valence-corrected chi connectivity index (χ1v) is 19.5. The molecule has 0 bridgehead atoms. The summed E-state index contributed by atoms with van der Waals surface area (Å²) in [6.07, 6.45) is 13.9. The van der Waals surface area contributed by atoms with Gasteiger partial charge < -0.3 is 9.47 Å². The molecule has 0 saturated carbocycles. The number of nitrogens with zero attached hydrogens (tertiary/aromatic N) is 2. The topological polar surface area (TPSA) is 44.2 Å². The van der Waals surface area contributed by atoms with Crippen LogP contribution in [0, 0.1) is 29.6 Å². The van der Waals surface area contributed by atoms with Gasteiger partial charge in [0.1, 0.15) is 0 Å². The molecule has 4 aromatic carbocycles. The number of hydrogen-bond acceptors (Lipinski definition) is 4. The van der Waals surface area contributed by atoms with E-state index in [1.165, 1.54) is 68.6 Å². The normalized spacial score (nSPS) is 14.0. The van der Waals surface area contributed by atoms with Gasteiger partial charge in [0.15, 0.2) is 11.5 Å². The lowest BCUT2D eigenvalue weighted by atomic mass is 9.93. The van der Waals surface area contributed by atoms with E-state index in [4.69, 9.17) is 19.4 Å². The molecule has 5 aromatic rings. The molecule has 0 aliphatic rings.